The lowest BCUT2D eigenvalue weighted by Crippen LogP contribution is -2.01. The van der Waals surface area contributed by atoms with Crippen LogP contribution in [0.15, 0.2) is 12.7 Å². The average Bonchev–Trinajstić information content (AvgIpc) is 1.84. The van der Waals surface area contributed by atoms with Crippen LogP contribution in [0.25, 0.3) is 0 Å². The zero-order valence-corrected chi connectivity index (χ0v) is 6.44. The monoisotopic (exact) mass is 160 g/mol. The standard InChI is InChI=1S/C6H8O3S/c1-3-5-9-10(7,8)6-4-2/h3H,1,5H2,2H3. The molecule has 0 aliphatic rings. The third-order valence-corrected chi connectivity index (χ3v) is 1.47. The summed E-state index contributed by atoms with van der Waals surface area (Å²) in [6, 6.07) is 0. The Bertz CT molecular complexity index is 252. The first-order valence-corrected chi connectivity index (χ1v) is 3.97. The maximum atomic E-state index is 10.5. The van der Waals surface area contributed by atoms with Gasteiger partial charge in [0.15, 0.2) is 0 Å². The Morgan fingerprint density at radius 1 is 1.70 bits per heavy atom. The molecule has 0 aromatic rings. The van der Waals surface area contributed by atoms with Crippen LogP contribution in [0.5, 0.6) is 0 Å². The van der Waals surface area contributed by atoms with Crippen molar-refractivity contribution in [2.24, 2.45) is 0 Å². The maximum absolute atomic E-state index is 10.5. The summed E-state index contributed by atoms with van der Waals surface area (Å²) in [5.41, 5.74) is 0. The molecular formula is C6H8O3S. The van der Waals surface area contributed by atoms with Crippen molar-refractivity contribution >= 4 is 10.1 Å². The fraction of sp³-hybridized carbons (Fsp3) is 0.333. The SMILES string of the molecule is C=CCOS(=O)(=O)C#CC. The van der Waals surface area contributed by atoms with Crippen LogP contribution >= 0.6 is 0 Å². The summed E-state index contributed by atoms with van der Waals surface area (Å²) in [7, 11) is -3.63. The van der Waals surface area contributed by atoms with Crippen LogP contribution in [0.3, 0.4) is 0 Å². The zero-order chi connectivity index (χ0) is 8.04. The van der Waals surface area contributed by atoms with Crippen molar-refractivity contribution in [1.29, 1.82) is 0 Å². The second kappa shape index (κ2) is 4.09. The number of rotatable bonds is 3. The van der Waals surface area contributed by atoms with Crippen LogP contribution in [-0.4, -0.2) is 15.0 Å². The van der Waals surface area contributed by atoms with Crippen molar-refractivity contribution in [3.05, 3.63) is 12.7 Å². The van der Waals surface area contributed by atoms with Crippen molar-refractivity contribution in [3.8, 4) is 11.2 Å². The second-order valence-electron chi connectivity index (χ2n) is 1.38. The molecular weight excluding hydrogens is 152 g/mol. The molecule has 0 amide bonds. The van der Waals surface area contributed by atoms with Crippen molar-refractivity contribution in [2.45, 2.75) is 6.92 Å². The van der Waals surface area contributed by atoms with E-state index < -0.39 is 10.1 Å². The van der Waals surface area contributed by atoms with Crippen LogP contribution in [0, 0.1) is 11.2 Å². The van der Waals surface area contributed by atoms with Crippen LogP contribution in [0.4, 0.5) is 0 Å². The van der Waals surface area contributed by atoms with E-state index in [4.69, 9.17) is 0 Å². The molecule has 56 valence electrons. The van der Waals surface area contributed by atoms with E-state index in [1.807, 2.05) is 5.25 Å². The highest BCUT2D eigenvalue weighted by Crippen LogP contribution is 1.88. The Morgan fingerprint density at radius 3 is 2.70 bits per heavy atom. The van der Waals surface area contributed by atoms with Gasteiger partial charge in [-0.25, -0.2) is 0 Å². The van der Waals surface area contributed by atoms with Crippen LogP contribution in [-0.2, 0) is 14.3 Å². The van der Waals surface area contributed by atoms with Gasteiger partial charge in [0.05, 0.1) is 11.9 Å². The van der Waals surface area contributed by atoms with Gasteiger partial charge >= 0.3 is 10.1 Å². The van der Waals surface area contributed by atoms with E-state index in [0.29, 0.717) is 0 Å². The highest BCUT2D eigenvalue weighted by Gasteiger charge is 2.02. The number of hydrogen-bond acceptors (Lipinski definition) is 3. The third-order valence-electron chi connectivity index (χ3n) is 0.568. The van der Waals surface area contributed by atoms with Crippen LogP contribution in [0.1, 0.15) is 6.92 Å². The molecule has 10 heavy (non-hydrogen) atoms. The van der Waals surface area contributed by atoms with E-state index in [1.54, 1.807) is 0 Å². The van der Waals surface area contributed by atoms with Gasteiger partial charge < -0.3 is 0 Å². The first-order valence-electron chi connectivity index (χ1n) is 2.56. The highest BCUT2D eigenvalue weighted by atomic mass is 32.2. The van der Waals surface area contributed by atoms with Gasteiger partial charge in [0, 0.05) is 0 Å². The molecule has 0 bridgehead atoms. The van der Waals surface area contributed by atoms with Crippen molar-refractivity contribution in [1.82, 2.24) is 0 Å². The molecule has 0 heterocycles. The Balaban J connectivity index is 4.11. The van der Waals surface area contributed by atoms with Gasteiger partial charge in [0.1, 0.15) is 0 Å². The Hall–Kier alpha value is -0.790. The minimum Gasteiger partial charge on any atom is -0.256 e. The minimum absolute atomic E-state index is 0.0307. The first kappa shape index (κ1) is 9.21. The Kier molecular flexibility index (Phi) is 3.77. The van der Waals surface area contributed by atoms with E-state index in [-0.39, 0.29) is 6.61 Å². The predicted molar refractivity (Wildman–Crippen MR) is 38.5 cm³/mol. The lowest BCUT2D eigenvalue weighted by Gasteiger charge is -1.91. The summed E-state index contributed by atoms with van der Waals surface area (Å²) in [6.07, 6.45) is 1.34. The van der Waals surface area contributed by atoms with Gasteiger partial charge in [-0.15, -0.1) is 6.58 Å². The summed E-state index contributed by atoms with van der Waals surface area (Å²) in [4.78, 5) is 0. The first-order chi connectivity index (χ1) is 4.62. The van der Waals surface area contributed by atoms with Crippen molar-refractivity contribution in [3.63, 3.8) is 0 Å². The molecule has 0 spiro atoms. The van der Waals surface area contributed by atoms with Gasteiger partial charge in [-0.2, -0.15) is 8.42 Å². The molecule has 0 aromatic carbocycles. The summed E-state index contributed by atoms with van der Waals surface area (Å²) in [5, 5.41) is 1.91. The van der Waals surface area contributed by atoms with Gasteiger partial charge in [-0.3, -0.25) is 4.18 Å². The van der Waals surface area contributed by atoms with Crippen LogP contribution in [0.2, 0.25) is 0 Å². The maximum Gasteiger partial charge on any atom is 0.338 e. The number of hydrogen-bond donors (Lipinski definition) is 0. The van der Waals surface area contributed by atoms with E-state index in [9.17, 15) is 8.42 Å². The third kappa shape index (κ3) is 4.13. The van der Waals surface area contributed by atoms with Gasteiger partial charge in [-0.05, 0) is 6.92 Å². The van der Waals surface area contributed by atoms with E-state index in [0.717, 1.165) is 0 Å². The molecule has 0 saturated heterocycles. The second-order valence-corrected chi connectivity index (χ2v) is 2.73. The molecule has 0 aliphatic heterocycles. The minimum atomic E-state index is -3.63. The van der Waals surface area contributed by atoms with Gasteiger partial charge in [-0.1, -0.05) is 12.0 Å². The molecule has 3 nitrogen and oxygen atoms in total. The largest absolute Gasteiger partial charge is 0.338 e. The fourth-order valence-corrected chi connectivity index (χ4v) is 0.876. The average molecular weight is 160 g/mol. The lowest BCUT2D eigenvalue weighted by molar-refractivity contribution is 0.366. The molecule has 0 aliphatic carbocycles. The van der Waals surface area contributed by atoms with Crippen LogP contribution < -0.4 is 0 Å². The topological polar surface area (TPSA) is 43.4 Å². The lowest BCUT2D eigenvalue weighted by atomic mass is 10.7. The molecule has 0 unspecified atom stereocenters. The van der Waals surface area contributed by atoms with E-state index in [1.165, 1.54) is 13.0 Å². The predicted octanol–water partition coefficient (Wildman–Crippen LogP) is 0.500. The summed E-state index contributed by atoms with van der Waals surface area (Å²) < 4.78 is 25.4. The smallest absolute Gasteiger partial charge is 0.256 e. The zero-order valence-electron chi connectivity index (χ0n) is 5.62. The van der Waals surface area contributed by atoms with Crippen molar-refractivity contribution in [2.75, 3.05) is 6.61 Å². The molecule has 0 rings (SSSR count). The summed E-state index contributed by atoms with van der Waals surface area (Å²) >= 11 is 0. The van der Waals surface area contributed by atoms with Crippen molar-refractivity contribution < 1.29 is 12.6 Å². The molecule has 0 atom stereocenters. The molecule has 0 radical (unpaired) electrons. The molecule has 0 aromatic heterocycles. The van der Waals surface area contributed by atoms with Gasteiger partial charge in [0.25, 0.3) is 0 Å². The highest BCUT2D eigenvalue weighted by molar-refractivity contribution is 7.91. The van der Waals surface area contributed by atoms with E-state index in [2.05, 4.69) is 16.7 Å². The molecule has 0 N–H and O–H groups in total. The Labute approximate surface area is 60.8 Å². The normalized spacial score (nSPS) is 9.70. The Morgan fingerprint density at radius 2 is 2.30 bits per heavy atom. The van der Waals surface area contributed by atoms with E-state index >= 15 is 0 Å². The molecule has 0 fully saturated rings. The quantitative estimate of drug-likeness (QED) is 0.343. The fourth-order valence-electron chi connectivity index (χ4n) is 0.292. The summed E-state index contributed by atoms with van der Waals surface area (Å²) in [6.45, 7) is 4.68. The molecule has 4 heteroatoms. The summed E-state index contributed by atoms with van der Waals surface area (Å²) in [5.74, 6) is 2.22. The molecule has 0 saturated carbocycles. The van der Waals surface area contributed by atoms with Gasteiger partial charge in [0.2, 0.25) is 0 Å².